The lowest BCUT2D eigenvalue weighted by atomic mass is 10.2. The van der Waals surface area contributed by atoms with Crippen molar-refractivity contribution in [2.75, 3.05) is 25.1 Å². The van der Waals surface area contributed by atoms with E-state index in [1.54, 1.807) is 13.0 Å². The van der Waals surface area contributed by atoms with Crippen molar-refractivity contribution < 1.29 is 9.13 Å². The van der Waals surface area contributed by atoms with Gasteiger partial charge >= 0.3 is 0 Å². The lowest BCUT2D eigenvalue weighted by molar-refractivity contribution is 0.118. The summed E-state index contributed by atoms with van der Waals surface area (Å²) in [6.07, 6.45) is 0. The molecule has 0 amide bonds. The van der Waals surface area contributed by atoms with Gasteiger partial charge in [-0.1, -0.05) is 19.9 Å². The number of rotatable bonds is 6. The monoisotopic (exact) mass is 225 g/mol. The summed E-state index contributed by atoms with van der Waals surface area (Å²) in [4.78, 5) is 0. The van der Waals surface area contributed by atoms with E-state index >= 15 is 0 Å². The number of halogens is 1. The van der Waals surface area contributed by atoms with Gasteiger partial charge in [-0.2, -0.15) is 0 Å². The molecular weight excluding hydrogens is 205 g/mol. The van der Waals surface area contributed by atoms with Crippen LogP contribution < -0.4 is 5.32 Å². The lowest BCUT2D eigenvalue weighted by Crippen LogP contribution is -2.12. The number of nitrogens with one attached hydrogen (secondary N) is 1. The first-order valence-electron chi connectivity index (χ1n) is 5.68. The number of hydrogen-bond donors (Lipinski definition) is 1. The first-order valence-corrected chi connectivity index (χ1v) is 5.68. The molecule has 0 saturated heterocycles. The molecule has 1 aromatic rings. The van der Waals surface area contributed by atoms with Crippen molar-refractivity contribution in [3.05, 3.63) is 29.6 Å². The van der Waals surface area contributed by atoms with Crippen molar-refractivity contribution >= 4 is 5.69 Å². The minimum absolute atomic E-state index is 0.173. The SMILES string of the molecule is Cc1c(F)cccc1NCCOCC(C)C. The van der Waals surface area contributed by atoms with Crippen LogP contribution >= 0.6 is 0 Å². The van der Waals surface area contributed by atoms with Crippen LogP contribution in [0, 0.1) is 18.7 Å². The van der Waals surface area contributed by atoms with Gasteiger partial charge in [-0.25, -0.2) is 4.39 Å². The highest BCUT2D eigenvalue weighted by Gasteiger charge is 2.02. The van der Waals surface area contributed by atoms with Gasteiger partial charge in [-0.15, -0.1) is 0 Å². The molecule has 1 rings (SSSR count). The number of hydrogen-bond acceptors (Lipinski definition) is 2. The Balaban J connectivity index is 2.29. The standard InChI is InChI=1S/C13H20FNO/c1-10(2)9-16-8-7-15-13-6-4-5-12(14)11(13)3/h4-6,10,15H,7-9H2,1-3H3. The topological polar surface area (TPSA) is 21.3 Å². The molecule has 0 heterocycles. The summed E-state index contributed by atoms with van der Waals surface area (Å²) in [5, 5.41) is 3.16. The lowest BCUT2D eigenvalue weighted by Gasteiger charge is -2.11. The van der Waals surface area contributed by atoms with E-state index in [0.717, 1.165) is 12.3 Å². The summed E-state index contributed by atoms with van der Waals surface area (Å²) >= 11 is 0. The van der Waals surface area contributed by atoms with Crippen LogP contribution in [-0.4, -0.2) is 19.8 Å². The summed E-state index contributed by atoms with van der Waals surface area (Å²) in [6, 6.07) is 5.05. The van der Waals surface area contributed by atoms with Crippen LogP contribution in [0.2, 0.25) is 0 Å². The van der Waals surface area contributed by atoms with E-state index in [9.17, 15) is 4.39 Å². The van der Waals surface area contributed by atoms with Gasteiger partial charge < -0.3 is 10.1 Å². The maximum absolute atomic E-state index is 13.2. The number of benzene rings is 1. The molecule has 0 fully saturated rings. The average molecular weight is 225 g/mol. The molecule has 2 nitrogen and oxygen atoms in total. The Hall–Kier alpha value is -1.09. The second-order valence-corrected chi connectivity index (χ2v) is 4.31. The summed E-state index contributed by atoms with van der Waals surface area (Å²) in [5.41, 5.74) is 1.50. The van der Waals surface area contributed by atoms with E-state index in [0.29, 0.717) is 24.6 Å². The van der Waals surface area contributed by atoms with E-state index in [1.165, 1.54) is 6.07 Å². The Morgan fingerprint density at radius 2 is 2.12 bits per heavy atom. The maximum atomic E-state index is 13.2. The molecule has 0 saturated carbocycles. The Kier molecular flexibility index (Phi) is 5.26. The molecule has 0 bridgehead atoms. The smallest absolute Gasteiger partial charge is 0.128 e. The summed E-state index contributed by atoms with van der Waals surface area (Å²) < 4.78 is 18.6. The molecule has 0 spiro atoms. The van der Waals surface area contributed by atoms with Gasteiger partial charge in [0.1, 0.15) is 5.82 Å². The summed E-state index contributed by atoms with van der Waals surface area (Å²) in [6.45, 7) is 8.12. The highest BCUT2D eigenvalue weighted by Crippen LogP contribution is 2.16. The zero-order valence-corrected chi connectivity index (χ0v) is 10.2. The molecule has 0 radical (unpaired) electrons. The van der Waals surface area contributed by atoms with Gasteiger partial charge in [0, 0.05) is 24.4 Å². The Bertz CT molecular complexity index is 326. The van der Waals surface area contributed by atoms with Gasteiger partial charge in [0.15, 0.2) is 0 Å². The van der Waals surface area contributed by atoms with E-state index in [1.807, 2.05) is 6.07 Å². The molecule has 0 atom stereocenters. The average Bonchev–Trinajstić information content (AvgIpc) is 2.23. The van der Waals surface area contributed by atoms with Crippen LogP contribution in [0.4, 0.5) is 10.1 Å². The summed E-state index contributed by atoms with van der Waals surface area (Å²) in [5.74, 6) is 0.379. The third kappa shape index (κ3) is 4.19. The van der Waals surface area contributed by atoms with Gasteiger partial charge in [-0.3, -0.25) is 0 Å². The molecule has 16 heavy (non-hydrogen) atoms. The van der Waals surface area contributed by atoms with Crippen molar-refractivity contribution in [3.63, 3.8) is 0 Å². The van der Waals surface area contributed by atoms with E-state index in [4.69, 9.17) is 4.74 Å². The van der Waals surface area contributed by atoms with Crippen LogP contribution in [-0.2, 0) is 4.74 Å². The fraction of sp³-hybridized carbons (Fsp3) is 0.538. The van der Waals surface area contributed by atoms with Gasteiger partial charge in [0.05, 0.1) is 6.61 Å². The second kappa shape index (κ2) is 6.48. The normalized spacial score (nSPS) is 10.8. The van der Waals surface area contributed by atoms with Crippen LogP contribution in [0.3, 0.4) is 0 Å². The Morgan fingerprint density at radius 3 is 2.81 bits per heavy atom. The van der Waals surface area contributed by atoms with Crippen molar-refractivity contribution in [1.29, 1.82) is 0 Å². The van der Waals surface area contributed by atoms with Crippen molar-refractivity contribution in [2.24, 2.45) is 5.92 Å². The zero-order chi connectivity index (χ0) is 12.0. The largest absolute Gasteiger partial charge is 0.382 e. The molecule has 3 heteroatoms. The highest BCUT2D eigenvalue weighted by atomic mass is 19.1. The molecule has 0 aromatic heterocycles. The van der Waals surface area contributed by atoms with E-state index in [-0.39, 0.29) is 5.82 Å². The minimum atomic E-state index is -0.173. The molecule has 1 N–H and O–H groups in total. The number of ether oxygens (including phenoxy) is 1. The van der Waals surface area contributed by atoms with Crippen LogP contribution in [0.25, 0.3) is 0 Å². The van der Waals surface area contributed by atoms with E-state index in [2.05, 4.69) is 19.2 Å². The molecular formula is C13H20FNO. The van der Waals surface area contributed by atoms with Gasteiger partial charge in [-0.05, 0) is 25.0 Å². The second-order valence-electron chi connectivity index (χ2n) is 4.31. The molecule has 1 aromatic carbocycles. The molecule has 0 aliphatic rings. The molecule has 0 aliphatic heterocycles. The maximum Gasteiger partial charge on any atom is 0.128 e. The zero-order valence-electron chi connectivity index (χ0n) is 10.2. The summed E-state index contributed by atoms with van der Waals surface area (Å²) in [7, 11) is 0. The quantitative estimate of drug-likeness (QED) is 0.750. The first kappa shape index (κ1) is 13.0. The highest BCUT2D eigenvalue weighted by molar-refractivity contribution is 5.50. The van der Waals surface area contributed by atoms with Crippen LogP contribution in [0.1, 0.15) is 19.4 Å². The number of anilines is 1. The third-order valence-electron chi connectivity index (χ3n) is 2.28. The third-order valence-corrected chi connectivity index (χ3v) is 2.28. The van der Waals surface area contributed by atoms with Crippen molar-refractivity contribution in [1.82, 2.24) is 0 Å². The molecule has 0 unspecified atom stereocenters. The van der Waals surface area contributed by atoms with Gasteiger partial charge in [0.2, 0.25) is 0 Å². The van der Waals surface area contributed by atoms with Gasteiger partial charge in [0.25, 0.3) is 0 Å². The Morgan fingerprint density at radius 1 is 1.38 bits per heavy atom. The van der Waals surface area contributed by atoms with Crippen molar-refractivity contribution in [3.8, 4) is 0 Å². The predicted molar refractivity (Wildman–Crippen MR) is 65.3 cm³/mol. The first-order chi connectivity index (χ1) is 7.61. The minimum Gasteiger partial charge on any atom is -0.382 e. The van der Waals surface area contributed by atoms with Crippen molar-refractivity contribution in [2.45, 2.75) is 20.8 Å². The fourth-order valence-corrected chi connectivity index (χ4v) is 1.38. The predicted octanol–water partition coefficient (Wildman–Crippen LogP) is 3.22. The fourth-order valence-electron chi connectivity index (χ4n) is 1.38. The van der Waals surface area contributed by atoms with Crippen LogP contribution in [0.15, 0.2) is 18.2 Å². The molecule has 0 aliphatic carbocycles. The van der Waals surface area contributed by atoms with Crippen LogP contribution in [0.5, 0.6) is 0 Å². The molecule has 90 valence electrons. The van der Waals surface area contributed by atoms with E-state index < -0.39 is 0 Å². The Labute approximate surface area is 96.8 Å².